The monoisotopic (exact) mass is 413 g/mol. The molecule has 2 aromatic heterocycles. The van der Waals surface area contributed by atoms with Crippen molar-refractivity contribution in [3.63, 3.8) is 0 Å². The van der Waals surface area contributed by atoms with Gasteiger partial charge in [-0.3, -0.25) is 0 Å². The summed E-state index contributed by atoms with van der Waals surface area (Å²) in [6.07, 6.45) is 0. The van der Waals surface area contributed by atoms with Gasteiger partial charge < -0.3 is 4.90 Å². The van der Waals surface area contributed by atoms with E-state index in [4.69, 9.17) is 11.6 Å². The Morgan fingerprint density at radius 3 is 2.52 bits per heavy atom. The van der Waals surface area contributed by atoms with E-state index in [1.165, 1.54) is 14.6 Å². The molecule has 25 heavy (non-hydrogen) atoms. The first-order valence-electron chi connectivity index (χ1n) is 7.81. The van der Waals surface area contributed by atoms with Crippen molar-refractivity contribution >= 4 is 59.6 Å². The summed E-state index contributed by atoms with van der Waals surface area (Å²) in [6, 6.07) is 9.43. The van der Waals surface area contributed by atoms with Crippen molar-refractivity contribution < 1.29 is 8.42 Å². The smallest absolute Gasteiger partial charge is 0.252 e. The Morgan fingerprint density at radius 1 is 1.08 bits per heavy atom. The van der Waals surface area contributed by atoms with Crippen LogP contribution >= 0.6 is 34.3 Å². The Kier molecular flexibility index (Phi) is 4.49. The average Bonchev–Trinajstić information content (AvgIpc) is 3.21. The molecule has 0 bridgehead atoms. The number of rotatable bonds is 3. The number of aromatic nitrogens is 1. The molecule has 0 atom stereocenters. The second-order valence-electron chi connectivity index (χ2n) is 5.92. The van der Waals surface area contributed by atoms with E-state index >= 15 is 0 Å². The summed E-state index contributed by atoms with van der Waals surface area (Å²) in [5.74, 6) is 0. The zero-order valence-corrected chi connectivity index (χ0v) is 16.7. The molecule has 0 N–H and O–H groups in total. The predicted molar refractivity (Wildman–Crippen MR) is 105 cm³/mol. The lowest BCUT2D eigenvalue weighted by Gasteiger charge is -2.33. The van der Waals surface area contributed by atoms with Crippen molar-refractivity contribution in [1.82, 2.24) is 9.29 Å². The van der Waals surface area contributed by atoms with E-state index in [-0.39, 0.29) is 0 Å². The highest BCUT2D eigenvalue weighted by Crippen LogP contribution is 2.32. The molecule has 1 saturated heterocycles. The van der Waals surface area contributed by atoms with Gasteiger partial charge in [0.25, 0.3) is 10.0 Å². The summed E-state index contributed by atoms with van der Waals surface area (Å²) in [6.45, 7) is 4.24. The summed E-state index contributed by atoms with van der Waals surface area (Å²) in [7, 11) is -3.45. The molecule has 3 heterocycles. The maximum atomic E-state index is 12.7. The minimum absolute atomic E-state index is 0.307. The third kappa shape index (κ3) is 3.29. The fourth-order valence-corrected chi connectivity index (χ4v) is 7.01. The lowest BCUT2D eigenvalue weighted by Crippen LogP contribution is -2.48. The van der Waals surface area contributed by atoms with Gasteiger partial charge in [0.2, 0.25) is 0 Å². The number of thiazole rings is 1. The summed E-state index contributed by atoms with van der Waals surface area (Å²) >= 11 is 8.64. The zero-order chi connectivity index (χ0) is 17.6. The molecular weight excluding hydrogens is 398 g/mol. The molecule has 9 heteroatoms. The van der Waals surface area contributed by atoms with Gasteiger partial charge in [-0.15, -0.1) is 11.3 Å². The highest BCUT2D eigenvalue weighted by Gasteiger charge is 2.30. The van der Waals surface area contributed by atoms with E-state index in [1.54, 1.807) is 23.5 Å². The molecule has 1 aromatic carbocycles. The van der Waals surface area contributed by atoms with Crippen LogP contribution in [0.5, 0.6) is 0 Å². The third-order valence-corrected chi connectivity index (χ3v) is 8.86. The fourth-order valence-electron chi connectivity index (χ4n) is 2.84. The van der Waals surface area contributed by atoms with Crippen LogP contribution in [0, 0.1) is 6.92 Å². The normalized spacial score (nSPS) is 16.6. The van der Waals surface area contributed by atoms with E-state index in [0.717, 1.165) is 22.0 Å². The van der Waals surface area contributed by atoms with Gasteiger partial charge in [-0.25, -0.2) is 13.4 Å². The van der Waals surface area contributed by atoms with Gasteiger partial charge in [0.1, 0.15) is 4.21 Å². The molecule has 0 saturated carbocycles. The Labute approximate surface area is 159 Å². The second kappa shape index (κ2) is 6.51. The van der Waals surface area contributed by atoms with Crippen LogP contribution < -0.4 is 4.90 Å². The number of fused-ring (bicyclic) bond motifs is 1. The quantitative estimate of drug-likeness (QED) is 0.654. The molecule has 1 aliphatic heterocycles. The van der Waals surface area contributed by atoms with Crippen molar-refractivity contribution in [2.24, 2.45) is 0 Å². The molecule has 3 aromatic rings. The highest BCUT2D eigenvalue weighted by atomic mass is 35.5. The van der Waals surface area contributed by atoms with Gasteiger partial charge in [0, 0.05) is 26.2 Å². The number of benzene rings is 1. The number of hydrogen-bond acceptors (Lipinski definition) is 6. The Hall–Kier alpha value is -1.19. The van der Waals surface area contributed by atoms with Gasteiger partial charge in [0.15, 0.2) is 5.13 Å². The van der Waals surface area contributed by atoms with Gasteiger partial charge >= 0.3 is 0 Å². The number of anilines is 1. The van der Waals surface area contributed by atoms with Crippen LogP contribution in [0.1, 0.15) is 5.56 Å². The number of sulfonamides is 1. The van der Waals surface area contributed by atoms with Crippen molar-refractivity contribution in [1.29, 1.82) is 0 Å². The topological polar surface area (TPSA) is 53.5 Å². The van der Waals surface area contributed by atoms with Crippen molar-refractivity contribution in [2.45, 2.75) is 11.1 Å². The highest BCUT2D eigenvalue weighted by molar-refractivity contribution is 7.91. The minimum atomic E-state index is -3.45. The van der Waals surface area contributed by atoms with Crippen LogP contribution in [-0.2, 0) is 10.0 Å². The molecule has 0 amide bonds. The minimum Gasteiger partial charge on any atom is -0.345 e. The summed E-state index contributed by atoms with van der Waals surface area (Å²) in [5, 5.41) is 0.955. The largest absolute Gasteiger partial charge is 0.345 e. The average molecular weight is 414 g/mol. The van der Waals surface area contributed by atoms with Crippen LogP contribution in [-0.4, -0.2) is 43.9 Å². The molecule has 1 aliphatic rings. The predicted octanol–water partition coefficient (Wildman–Crippen LogP) is 3.83. The number of aryl methyl sites for hydroxylation is 1. The number of piperazine rings is 1. The lowest BCUT2D eigenvalue weighted by atomic mass is 10.2. The van der Waals surface area contributed by atoms with Gasteiger partial charge in [-0.05, 0) is 36.8 Å². The van der Waals surface area contributed by atoms with E-state index < -0.39 is 10.0 Å². The van der Waals surface area contributed by atoms with Crippen LogP contribution in [0.15, 0.2) is 34.5 Å². The maximum absolute atomic E-state index is 12.7. The van der Waals surface area contributed by atoms with Crippen LogP contribution in [0.3, 0.4) is 0 Å². The first-order valence-corrected chi connectivity index (χ1v) is 11.3. The first kappa shape index (κ1) is 17.2. The summed E-state index contributed by atoms with van der Waals surface area (Å²) in [4.78, 5) is 6.85. The first-order chi connectivity index (χ1) is 11.9. The Morgan fingerprint density at radius 2 is 1.84 bits per heavy atom. The summed E-state index contributed by atoms with van der Waals surface area (Å²) < 4.78 is 28.8. The van der Waals surface area contributed by atoms with Crippen LogP contribution in [0.4, 0.5) is 5.13 Å². The van der Waals surface area contributed by atoms with Crippen molar-refractivity contribution in [3.05, 3.63) is 40.2 Å². The lowest BCUT2D eigenvalue weighted by molar-refractivity contribution is 0.386. The number of thiophene rings is 1. The van der Waals surface area contributed by atoms with Gasteiger partial charge in [0.05, 0.1) is 14.6 Å². The molecule has 132 valence electrons. The molecule has 0 unspecified atom stereocenters. The molecular formula is C16H16ClN3O2S3. The van der Waals surface area contributed by atoms with E-state index in [1.807, 2.05) is 6.07 Å². The van der Waals surface area contributed by atoms with Crippen molar-refractivity contribution in [2.75, 3.05) is 31.1 Å². The second-order valence-corrected chi connectivity index (χ2v) is 10.8. The zero-order valence-electron chi connectivity index (χ0n) is 13.5. The molecule has 1 fully saturated rings. The van der Waals surface area contributed by atoms with Gasteiger partial charge in [-0.2, -0.15) is 4.31 Å². The van der Waals surface area contributed by atoms with E-state index in [0.29, 0.717) is 34.7 Å². The number of halogens is 1. The molecule has 0 radical (unpaired) electrons. The number of hydrogen-bond donors (Lipinski definition) is 0. The third-order valence-electron chi connectivity index (χ3n) is 4.18. The summed E-state index contributed by atoms with van der Waals surface area (Å²) in [5.41, 5.74) is 2.21. The van der Waals surface area contributed by atoms with E-state index in [9.17, 15) is 8.42 Å². The fraction of sp³-hybridized carbons (Fsp3) is 0.312. The Bertz CT molecular complexity index is 1020. The van der Waals surface area contributed by atoms with E-state index in [2.05, 4.69) is 28.9 Å². The van der Waals surface area contributed by atoms with Crippen molar-refractivity contribution in [3.8, 4) is 0 Å². The standard InChI is InChI=1S/C16H16ClN3O2S3/c1-11-2-3-12-13(10-11)23-16(18-12)19-6-8-20(9-7-19)25(21,22)15-5-4-14(17)24-15/h2-5,10H,6-9H2,1H3. The molecule has 0 spiro atoms. The number of nitrogens with zero attached hydrogens (tertiary/aromatic N) is 3. The molecule has 4 rings (SSSR count). The Balaban J connectivity index is 1.50. The molecule has 0 aliphatic carbocycles. The maximum Gasteiger partial charge on any atom is 0.252 e. The van der Waals surface area contributed by atoms with Crippen LogP contribution in [0.25, 0.3) is 10.2 Å². The molecule has 5 nitrogen and oxygen atoms in total. The van der Waals surface area contributed by atoms with Crippen LogP contribution in [0.2, 0.25) is 4.34 Å². The van der Waals surface area contributed by atoms with Gasteiger partial charge in [-0.1, -0.05) is 29.0 Å². The SMILES string of the molecule is Cc1ccc2nc(N3CCN(S(=O)(=O)c4ccc(Cl)s4)CC3)sc2c1.